The van der Waals surface area contributed by atoms with E-state index in [0.717, 1.165) is 43.7 Å². The number of carbonyl (C=O) groups is 1. The van der Waals surface area contributed by atoms with Crippen LogP contribution in [-0.2, 0) is 11.3 Å². The number of carbonyl (C=O) groups excluding carboxylic acids is 1. The molecule has 1 amide bonds. The molecule has 0 saturated carbocycles. The van der Waals surface area contributed by atoms with E-state index in [0.29, 0.717) is 6.54 Å². The first-order chi connectivity index (χ1) is 9.15. The largest absolute Gasteiger partial charge is 0.399 e. The van der Waals surface area contributed by atoms with Gasteiger partial charge in [-0.25, -0.2) is 0 Å². The number of nitrogens with zero attached hydrogens (tertiary/aromatic N) is 2. The normalized spacial score (nSPS) is 15.8. The van der Waals surface area contributed by atoms with Crippen LogP contribution in [0.4, 0.5) is 5.69 Å². The third kappa shape index (κ3) is 4.24. The molecule has 0 aromatic heterocycles. The molecule has 0 radical (unpaired) electrons. The molecule has 1 fully saturated rings. The maximum Gasteiger partial charge on any atom is 0.236 e. The van der Waals surface area contributed by atoms with Crippen LogP contribution < -0.4 is 5.73 Å². The first-order valence-corrected chi connectivity index (χ1v) is 6.96. The standard InChI is InChI=1S/C15H23N3O/c1-17(11-13-6-5-7-14(16)10-13)12-15(19)18-8-3-2-4-9-18/h5-7,10H,2-4,8-9,11-12,16H2,1H3. The fourth-order valence-electron chi connectivity index (χ4n) is 2.53. The first kappa shape index (κ1) is 13.9. The van der Waals surface area contributed by atoms with E-state index in [-0.39, 0.29) is 5.91 Å². The number of rotatable bonds is 4. The van der Waals surface area contributed by atoms with Gasteiger partial charge in [0.2, 0.25) is 5.91 Å². The number of nitrogens with two attached hydrogens (primary N) is 1. The number of hydrogen-bond donors (Lipinski definition) is 1. The Labute approximate surface area is 115 Å². The van der Waals surface area contributed by atoms with Crippen LogP contribution in [0.3, 0.4) is 0 Å². The zero-order valence-electron chi connectivity index (χ0n) is 11.6. The molecule has 0 aliphatic carbocycles. The summed E-state index contributed by atoms with van der Waals surface area (Å²) in [4.78, 5) is 16.2. The Morgan fingerprint density at radius 3 is 2.74 bits per heavy atom. The minimum Gasteiger partial charge on any atom is -0.399 e. The van der Waals surface area contributed by atoms with Crippen LogP contribution in [-0.4, -0.2) is 42.4 Å². The van der Waals surface area contributed by atoms with E-state index < -0.39 is 0 Å². The molecule has 4 nitrogen and oxygen atoms in total. The van der Waals surface area contributed by atoms with Crippen molar-refractivity contribution in [2.75, 3.05) is 32.4 Å². The Morgan fingerprint density at radius 1 is 1.32 bits per heavy atom. The zero-order valence-corrected chi connectivity index (χ0v) is 11.6. The summed E-state index contributed by atoms with van der Waals surface area (Å²) in [6.07, 6.45) is 3.54. The highest BCUT2D eigenvalue weighted by molar-refractivity contribution is 5.78. The van der Waals surface area contributed by atoms with E-state index in [1.165, 1.54) is 6.42 Å². The molecule has 1 saturated heterocycles. The number of nitrogen functional groups attached to an aromatic ring is 1. The lowest BCUT2D eigenvalue weighted by molar-refractivity contribution is -0.133. The van der Waals surface area contributed by atoms with Gasteiger partial charge in [0.1, 0.15) is 0 Å². The highest BCUT2D eigenvalue weighted by Gasteiger charge is 2.17. The van der Waals surface area contributed by atoms with Gasteiger partial charge in [-0.2, -0.15) is 0 Å². The molecule has 19 heavy (non-hydrogen) atoms. The van der Waals surface area contributed by atoms with Gasteiger partial charge in [0.05, 0.1) is 6.54 Å². The molecule has 4 heteroatoms. The molecule has 2 N–H and O–H groups in total. The van der Waals surface area contributed by atoms with E-state index in [1.54, 1.807) is 0 Å². The second kappa shape index (κ2) is 6.57. The summed E-state index contributed by atoms with van der Waals surface area (Å²) in [7, 11) is 1.98. The zero-order chi connectivity index (χ0) is 13.7. The fraction of sp³-hybridized carbons (Fsp3) is 0.533. The first-order valence-electron chi connectivity index (χ1n) is 6.96. The lowest BCUT2D eigenvalue weighted by atomic mass is 10.1. The molecule has 1 aromatic rings. The Bertz CT molecular complexity index is 427. The second-order valence-corrected chi connectivity index (χ2v) is 5.36. The predicted molar refractivity (Wildman–Crippen MR) is 77.6 cm³/mol. The molecule has 0 spiro atoms. The lowest BCUT2D eigenvalue weighted by Crippen LogP contribution is -2.41. The summed E-state index contributed by atoms with van der Waals surface area (Å²) in [5.41, 5.74) is 7.68. The van der Waals surface area contributed by atoms with Crippen LogP contribution in [0, 0.1) is 0 Å². The smallest absolute Gasteiger partial charge is 0.236 e. The predicted octanol–water partition coefficient (Wildman–Crippen LogP) is 1.71. The van der Waals surface area contributed by atoms with Crippen molar-refractivity contribution in [3.8, 4) is 0 Å². The number of likely N-dealkylation sites (N-methyl/N-ethyl adjacent to an activating group) is 1. The minimum absolute atomic E-state index is 0.242. The van der Waals surface area contributed by atoms with Crippen molar-refractivity contribution in [3.05, 3.63) is 29.8 Å². The topological polar surface area (TPSA) is 49.6 Å². The van der Waals surface area contributed by atoms with E-state index in [4.69, 9.17) is 5.73 Å². The average Bonchev–Trinajstić information content (AvgIpc) is 2.39. The van der Waals surface area contributed by atoms with Crippen molar-refractivity contribution in [2.45, 2.75) is 25.8 Å². The van der Waals surface area contributed by atoms with E-state index in [9.17, 15) is 4.79 Å². The van der Waals surface area contributed by atoms with Crippen molar-refractivity contribution in [1.29, 1.82) is 0 Å². The monoisotopic (exact) mass is 261 g/mol. The quantitative estimate of drug-likeness (QED) is 0.840. The Balaban J connectivity index is 1.83. The van der Waals surface area contributed by atoms with Crippen LogP contribution in [0.25, 0.3) is 0 Å². The van der Waals surface area contributed by atoms with E-state index >= 15 is 0 Å². The highest BCUT2D eigenvalue weighted by atomic mass is 16.2. The average molecular weight is 261 g/mol. The van der Waals surface area contributed by atoms with Crippen molar-refractivity contribution >= 4 is 11.6 Å². The number of piperidine rings is 1. The van der Waals surface area contributed by atoms with Crippen molar-refractivity contribution in [1.82, 2.24) is 9.80 Å². The summed E-state index contributed by atoms with van der Waals surface area (Å²) < 4.78 is 0. The molecule has 0 atom stereocenters. The van der Waals surface area contributed by atoms with Gasteiger partial charge >= 0.3 is 0 Å². The van der Waals surface area contributed by atoms with Crippen LogP contribution in [0.1, 0.15) is 24.8 Å². The third-order valence-electron chi connectivity index (χ3n) is 3.52. The van der Waals surface area contributed by atoms with Crippen LogP contribution in [0.2, 0.25) is 0 Å². The van der Waals surface area contributed by atoms with E-state index in [1.807, 2.05) is 41.1 Å². The summed E-state index contributed by atoms with van der Waals surface area (Å²) in [5.74, 6) is 0.242. The van der Waals surface area contributed by atoms with Gasteiger partial charge < -0.3 is 10.6 Å². The number of hydrogen-bond acceptors (Lipinski definition) is 3. The fourth-order valence-corrected chi connectivity index (χ4v) is 2.53. The minimum atomic E-state index is 0.242. The van der Waals surface area contributed by atoms with Gasteiger partial charge in [-0.05, 0) is 44.0 Å². The summed E-state index contributed by atoms with van der Waals surface area (Å²) >= 11 is 0. The third-order valence-corrected chi connectivity index (χ3v) is 3.52. The van der Waals surface area contributed by atoms with Crippen LogP contribution in [0.15, 0.2) is 24.3 Å². The number of anilines is 1. The van der Waals surface area contributed by atoms with Crippen molar-refractivity contribution in [2.24, 2.45) is 0 Å². The van der Waals surface area contributed by atoms with Crippen LogP contribution in [0.5, 0.6) is 0 Å². The van der Waals surface area contributed by atoms with Crippen molar-refractivity contribution in [3.63, 3.8) is 0 Å². The molecule has 1 heterocycles. The Kier molecular flexibility index (Phi) is 4.80. The molecule has 1 aromatic carbocycles. The second-order valence-electron chi connectivity index (χ2n) is 5.36. The molecular weight excluding hydrogens is 238 g/mol. The summed E-state index contributed by atoms with van der Waals surface area (Å²) in [6.45, 7) is 3.08. The maximum atomic E-state index is 12.1. The Morgan fingerprint density at radius 2 is 2.05 bits per heavy atom. The molecule has 2 rings (SSSR count). The number of amides is 1. The molecule has 0 bridgehead atoms. The SMILES string of the molecule is CN(CC(=O)N1CCCCC1)Cc1cccc(N)c1. The molecule has 1 aliphatic heterocycles. The van der Waals surface area contributed by atoms with Gasteiger partial charge in [-0.1, -0.05) is 12.1 Å². The van der Waals surface area contributed by atoms with Gasteiger partial charge in [0, 0.05) is 25.3 Å². The van der Waals surface area contributed by atoms with Crippen LogP contribution >= 0.6 is 0 Å². The highest BCUT2D eigenvalue weighted by Crippen LogP contribution is 2.11. The van der Waals surface area contributed by atoms with Gasteiger partial charge in [-0.3, -0.25) is 9.69 Å². The summed E-state index contributed by atoms with van der Waals surface area (Å²) in [5, 5.41) is 0. The number of benzene rings is 1. The van der Waals surface area contributed by atoms with Gasteiger partial charge in [0.15, 0.2) is 0 Å². The molecule has 0 unspecified atom stereocenters. The molecular formula is C15H23N3O. The maximum absolute atomic E-state index is 12.1. The number of likely N-dealkylation sites (tertiary alicyclic amines) is 1. The summed E-state index contributed by atoms with van der Waals surface area (Å²) in [6, 6.07) is 7.83. The van der Waals surface area contributed by atoms with E-state index in [2.05, 4.69) is 0 Å². The van der Waals surface area contributed by atoms with Gasteiger partial charge in [0.25, 0.3) is 0 Å². The molecule has 104 valence electrons. The lowest BCUT2D eigenvalue weighted by Gasteiger charge is -2.28. The van der Waals surface area contributed by atoms with Crippen molar-refractivity contribution < 1.29 is 4.79 Å². The van der Waals surface area contributed by atoms with Gasteiger partial charge in [-0.15, -0.1) is 0 Å². The molecule has 1 aliphatic rings. The Hall–Kier alpha value is -1.55.